The first-order valence-corrected chi connectivity index (χ1v) is 6.88. The molecule has 2 heterocycles. The topological polar surface area (TPSA) is 43.0 Å². The monoisotopic (exact) mass is 361 g/mol. The molecule has 0 amide bonds. The second kappa shape index (κ2) is 5.37. The standard InChI is InChI=1S/C11H13Br2N3O/c1-3-14-10(8-4-5-9(13)17-8)11-7(12)6-15-16(11)2/h4-6,10,14H,3H2,1-2H3. The lowest BCUT2D eigenvalue weighted by atomic mass is 10.1. The zero-order chi connectivity index (χ0) is 12.4. The van der Waals surface area contributed by atoms with Crippen LogP contribution in [0, 0.1) is 0 Å². The van der Waals surface area contributed by atoms with Crippen molar-refractivity contribution in [1.82, 2.24) is 15.1 Å². The molecule has 17 heavy (non-hydrogen) atoms. The van der Waals surface area contributed by atoms with Crippen molar-refractivity contribution < 1.29 is 4.42 Å². The Morgan fingerprint density at radius 1 is 1.47 bits per heavy atom. The maximum atomic E-state index is 5.62. The molecule has 2 rings (SSSR count). The Labute approximate surface area is 117 Å². The first kappa shape index (κ1) is 12.9. The quantitative estimate of drug-likeness (QED) is 0.907. The van der Waals surface area contributed by atoms with Crippen LogP contribution < -0.4 is 5.32 Å². The molecular formula is C11H13Br2N3O. The van der Waals surface area contributed by atoms with E-state index in [2.05, 4.69) is 49.2 Å². The van der Waals surface area contributed by atoms with Crippen molar-refractivity contribution in [2.45, 2.75) is 13.0 Å². The van der Waals surface area contributed by atoms with Gasteiger partial charge in [-0.3, -0.25) is 4.68 Å². The van der Waals surface area contributed by atoms with Gasteiger partial charge >= 0.3 is 0 Å². The van der Waals surface area contributed by atoms with Crippen molar-refractivity contribution in [3.8, 4) is 0 Å². The second-order valence-corrected chi connectivity index (χ2v) is 5.27. The number of hydrogen-bond donors (Lipinski definition) is 1. The summed E-state index contributed by atoms with van der Waals surface area (Å²) in [7, 11) is 1.92. The normalized spacial score (nSPS) is 12.9. The minimum absolute atomic E-state index is 0.00632. The van der Waals surface area contributed by atoms with Crippen molar-refractivity contribution in [3.63, 3.8) is 0 Å². The molecule has 4 nitrogen and oxygen atoms in total. The Hall–Kier alpha value is -0.590. The molecule has 0 aliphatic rings. The van der Waals surface area contributed by atoms with E-state index in [9.17, 15) is 0 Å². The molecule has 92 valence electrons. The summed E-state index contributed by atoms with van der Waals surface area (Å²) in [6, 6.07) is 3.84. The van der Waals surface area contributed by atoms with Gasteiger partial charge in [0.15, 0.2) is 4.67 Å². The SMILES string of the molecule is CCNC(c1ccc(Br)o1)c1c(Br)cnn1C. The largest absolute Gasteiger partial charge is 0.452 e. The first-order valence-electron chi connectivity index (χ1n) is 5.29. The molecule has 0 bridgehead atoms. The van der Waals surface area contributed by atoms with Crippen molar-refractivity contribution in [1.29, 1.82) is 0 Å². The summed E-state index contributed by atoms with van der Waals surface area (Å²) in [6.07, 6.45) is 1.79. The van der Waals surface area contributed by atoms with Gasteiger partial charge in [0.05, 0.1) is 16.4 Å². The summed E-state index contributed by atoms with van der Waals surface area (Å²) in [4.78, 5) is 0. The molecule has 2 aromatic heterocycles. The fraction of sp³-hybridized carbons (Fsp3) is 0.364. The second-order valence-electron chi connectivity index (χ2n) is 3.63. The molecule has 0 saturated heterocycles. The molecule has 6 heteroatoms. The van der Waals surface area contributed by atoms with Crippen molar-refractivity contribution in [2.75, 3.05) is 6.54 Å². The van der Waals surface area contributed by atoms with Gasteiger partial charge in [-0.1, -0.05) is 6.92 Å². The number of rotatable bonds is 4. The predicted octanol–water partition coefficient (Wildman–Crippen LogP) is 3.24. The summed E-state index contributed by atoms with van der Waals surface area (Å²) in [6.45, 7) is 2.91. The highest BCUT2D eigenvalue weighted by atomic mass is 79.9. The minimum atomic E-state index is -0.00632. The Morgan fingerprint density at radius 2 is 2.24 bits per heavy atom. The molecule has 2 aromatic rings. The van der Waals surface area contributed by atoms with Crippen molar-refractivity contribution in [2.24, 2.45) is 7.05 Å². The van der Waals surface area contributed by atoms with Gasteiger partial charge in [0, 0.05) is 7.05 Å². The van der Waals surface area contributed by atoms with Crippen molar-refractivity contribution >= 4 is 31.9 Å². The highest BCUT2D eigenvalue weighted by Gasteiger charge is 2.22. The molecule has 0 aliphatic heterocycles. The van der Waals surface area contributed by atoms with E-state index >= 15 is 0 Å². The highest BCUT2D eigenvalue weighted by Crippen LogP contribution is 2.30. The fourth-order valence-electron chi connectivity index (χ4n) is 1.76. The average molecular weight is 363 g/mol. The molecule has 0 saturated carbocycles. The number of furan rings is 1. The Balaban J connectivity index is 2.42. The van der Waals surface area contributed by atoms with Crippen molar-refractivity contribution in [3.05, 3.63) is 38.9 Å². The van der Waals surface area contributed by atoms with E-state index in [4.69, 9.17) is 4.42 Å². The van der Waals surface area contributed by atoms with E-state index in [1.165, 1.54) is 0 Å². The number of hydrogen-bond acceptors (Lipinski definition) is 3. The van der Waals surface area contributed by atoms with Crippen LogP contribution in [0.2, 0.25) is 0 Å². The molecule has 0 aromatic carbocycles. The number of nitrogens with one attached hydrogen (secondary N) is 1. The summed E-state index contributed by atoms with van der Waals surface area (Å²) >= 11 is 6.84. The van der Waals surface area contributed by atoms with Crippen LogP contribution in [-0.2, 0) is 7.05 Å². The third kappa shape index (κ3) is 2.64. The summed E-state index contributed by atoms with van der Waals surface area (Å²) in [5.74, 6) is 0.864. The van der Waals surface area contributed by atoms with Gasteiger partial charge in [0.2, 0.25) is 0 Å². The van der Waals surface area contributed by atoms with Crippen LogP contribution in [0.15, 0.2) is 31.9 Å². The molecular weight excluding hydrogens is 350 g/mol. The van der Waals surface area contributed by atoms with Gasteiger partial charge in [0.25, 0.3) is 0 Å². The Bertz CT molecular complexity index is 487. The smallest absolute Gasteiger partial charge is 0.169 e. The highest BCUT2D eigenvalue weighted by molar-refractivity contribution is 9.10. The lowest BCUT2D eigenvalue weighted by Crippen LogP contribution is -2.24. The summed E-state index contributed by atoms with van der Waals surface area (Å²) in [5.41, 5.74) is 1.05. The van der Waals surface area contributed by atoms with Crippen LogP contribution in [0.1, 0.15) is 24.4 Å². The van der Waals surface area contributed by atoms with Gasteiger partial charge in [0.1, 0.15) is 11.8 Å². The molecule has 0 aliphatic carbocycles. The van der Waals surface area contributed by atoms with E-state index in [-0.39, 0.29) is 6.04 Å². The Morgan fingerprint density at radius 3 is 2.71 bits per heavy atom. The van der Waals surface area contributed by atoms with Crippen LogP contribution >= 0.6 is 31.9 Å². The van der Waals surface area contributed by atoms with Gasteiger partial charge < -0.3 is 9.73 Å². The van der Waals surface area contributed by atoms with Crippen LogP contribution in [0.3, 0.4) is 0 Å². The third-order valence-corrected chi connectivity index (χ3v) is 3.54. The van der Waals surface area contributed by atoms with Crippen LogP contribution in [0.25, 0.3) is 0 Å². The Kier molecular flexibility index (Phi) is 4.06. The van der Waals surface area contributed by atoms with Gasteiger partial charge in [-0.15, -0.1) is 0 Å². The summed E-state index contributed by atoms with van der Waals surface area (Å²) < 4.78 is 9.17. The zero-order valence-corrected chi connectivity index (χ0v) is 12.7. The molecule has 0 spiro atoms. The van der Waals surface area contributed by atoms with Gasteiger partial charge in [-0.25, -0.2) is 0 Å². The lowest BCUT2D eigenvalue weighted by Gasteiger charge is -2.16. The molecule has 0 radical (unpaired) electrons. The van der Waals surface area contributed by atoms with E-state index < -0.39 is 0 Å². The van der Waals surface area contributed by atoms with E-state index in [1.807, 2.05) is 23.9 Å². The zero-order valence-electron chi connectivity index (χ0n) is 9.58. The molecule has 1 N–H and O–H groups in total. The van der Waals surface area contributed by atoms with E-state index in [0.29, 0.717) is 0 Å². The number of nitrogens with zero attached hydrogens (tertiary/aromatic N) is 2. The third-order valence-electron chi connectivity index (χ3n) is 2.50. The van der Waals surface area contributed by atoms with Gasteiger partial charge in [-0.2, -0.15) is 5.10 Å². The number of aryl methyl sites for hydroxylation is 1. The molecule has 1 unspecified atom stereocenters. The summed E-state index contributed by atoms with van der Waals surface area (Å²) in [5, 5.41) is 7.62. The van der Waals surface area contributed by atoms with Crippen LogP contribution in [0.4, 0.5) is 0 Å². The van der Waals surface area contributed by atoms with E-state index in [0.717, 1.165) is 27.1 Å². The predicted molar refractivity (Wildman–Crippen MR) is 72.8 cm³/mol. The maximum Gasteiger partial charge on any atom is 0.169 e. The van der Waals surface area contributed by atoms with E-state index in [1.54, 1.807) is 6.20 Å². The number of aromatic nitrogens is 2. The first-order chi connectivity index (χ1) is 8.13. The van der Waals surface area contributed by atoms with Crippen LogP contribution in [-0.4, -0.2) is 16.3 Å². The van der Waals surface area contributed by atoms with Gasteiger partial charge in [-0.05, 0) is 50.5 Å². The molecule has 0 fully saturated rings. The fourth-order valence-corrected chi connectivity index (χ4v) is 2.66. The maximum absolute atomic E-state index is 5.62. The average Bonchev–Trinajstić information content (AvgIpc) is 2.84. The van der Waals surface area contributed by atoms with Crippen LogP contribution in [0.5, 0.6) is 0 Å². The minimum Gasteiger partial charge on any atom is -0.452 e. The lowest BCUT2D eigenvalue weighted by molar-refractivity contribution is 0.424. The molecule has 1 atom stereocenters. The number of halogens is 2.